The lowest BCUT2D eigenvalue weighted by Gasteiger charge is -2.22. The molecule has 21 heavy (non-hydrogen) atoms. The van der Waals surface area contributed by atoms with Gasteiger partial charge in [-0.1, -0.05) is 52.2 Å². The highest BCUT2D eigenvalue weighted by atomic mass is 32.2. The van der Waals surface area contributed by atoms with E-state index in [-0.39, 0.29) is 5.41 Å². The second-order valence-corrected chi connectivity index (χ2v) is 8.56. The van der Waals surface area contributed by atoms with E-state index in [0.717, 1.165) is 11.1 Å². The summed E-state index contributed by atoms with van der Waals surface area (Å²) < 4.78 is 0. The van der Waals surface area contributed by atoms with E-state index in [2.05, 4.69) is 39.0 Å². The maximum Gasteiger partial charge on any atom is 0.173 e. The molecule has 0 spiro atoms. The minimum Gasteiger partial charge on any atom is -0.293 e. The van der Waals surface area contributed by atoms with Gasteiger partial charge in [-0.25, -0.2) is 0 Å². The van der Waals surface area contributed by atoms with Crippen LogP contribution in [0, 0.1) is 6.92 Å². The van der Waals surface area contributed by atoms with E-state index in [0.29, 0.717) is 16.8 Å². The van der Waals surface area contributed by atoms with Gasteiger partial charge < -0.3 is 0 Å². The number of rotatable bonds is 4. The van der Waals surface area contributed by atoms with E-state index in [1.165, 1.54) is 37.7 Å². The average molecular weight is 304 g/mol. The number of thioether (sulfide) groups is 1. The summed E-state index contributed by atoms with van der Waals surface area (Å²) in [6.45, 7) is 8.64. The molecule has 1 aliphatic rings. The fraction of sp³-hybridized carbons (Fsp3) is 0.632. The topological polar surface area (TPSA) is 17.1 Å². The number of hydrogen-bond donors (Lipinski definition) is 0. The number of Topliss-reactive ketones (excluding diaryl/α,β-unsaturated/α-hetero) is 1. The first-order valence-corrected chi connectivity index (χ1v) is 9.19. The van der Waals surface area contributed by atoms with E-state index in [1.54, 1.807) is 0 Å². The van der Waals surface area contributed by atoms with Gasteiger partial charge in [0, 0.05) is 10.8 Å². The van der Waals surface area contributed by atoms with E-state index in [1.807, 2.05) is 18.7 Å². The second-order valence-electron chi connectivity index (χ2n) is 7.27. The minimum atomic E-state index is 0.0965. The highest BCUT2D eigenvalue weighted by Crippen LogP contribution is 2.30. The Morgan fingerprint density at radius 2 is 1.86 bits per heavy atom. The van der Waals surface area contributed by atoms with Crippen LogP contribution in [0.2, 0.25) is 0 Å². The van der Waals surface area contributed by atoms with Crippen LogP contribution in [-0.2, 0) is 5.41 Å². The number of benzene rings is 1. The number of aryl methyl sites for hydroxylation is 1. The molecule has 0 atom stereocenters. The Bertz CT molecular complexity index is 493. The first-order valence-electron chi connectivity index (χ1n) is 8.14. The summed E-state index contributed by atoms with van der Waals surface area (Å²) in [6, 6.07) is 6.36. The maximum absolute atomic E-state index is 12.6. The summed E-state index contributed by atoms with van der Waals surface area (Å²) in [6.07, 6.45) is 6.63. The third-order valence-corrected chi connectivity index (χ3v) is 5.78. The Labute approximate surface area is 133 Å². The van der Waals surface area contributed by atoms with Crippen LogP contribution in [0.5, 0.6) is 0 Å². The van der Waals surface area contributed by atoms with E-state index in [9.17, 15) is 4.79 Å². The average Bonchev–Trinajstić information content (AvgIpc) is 2.45. The summed E-state index contributed by atoms with van der Waals surface area (Å²) >= 11 is 1.87. The molecular weight excluding hydrogens is 276 g/mol. The van der Waals surface area contributed by atoms with Gasteiger partial charge in [-0.2, -0.15) is 11.8 Å². The van der Waals surface area contributed by atoms with Crippen molar-refractivity contribution in [1.29, 1.82) is 0 Å². The van der Waals surface area contributed by atoms with Crippen molar-refractivity contribution in [2.45, 2.75) is 70.5 Å². The van der Waals surface area contributed by atoms with Crippen molar-refractivity contribution in [3.05, 3.63) is 34.9 Å². The Morgan fingerprint density at radius 1 is 1.19 bits per heavy atom. The van der Waals surface area contributed by atoms with Gasteiger partial charge in [-0.3, -0.25) is 4.79 Å². The van der Waals surface area contributed by atoms with Crippen LogP contribution >= 0.6 is 11.8 Å². The van der Waals surface area contributed by atoms with Gasteiger partial charge in [0.25, 0.3) is 0 Å². The van der Waals surface area contributed by atoms with Gasteiger partial charge in [0.1, 0.15) is 0 Å². The summed E-state index contributed by atoms with van der Waals surface area (Å²) in [4.78, 5) is 12.6. The highest BCUT2D eigenvalue weighted by molar-refractivity contribution is 8.00. The maximum atomic E-state index is 12.6. The lowest BCUT2D eigenvalue weighted by Crippen LogP contribution is -2.15. The molecule has 0 heterocycles. The van der Waals surface area contributed by atoms with Gasteiger partial charge in [-0.15, -0.1) is 0 Å². The van der Waals surface area contributed by atoms with Crippen LogP contribution in [0.4, 0.5) is 0 Å². The largest absolute Gasteiger partial charge is 0.293 e. The molecule has 1 aliphatic carbocycles. The molecule has 116 valence electrons. The molecule has 1 nitrogen and oxygen atoms in total. The predicted octanol–water partition coefficient (Wildman–Crippen LogP) is 5.54. The van der Waals surface area contributed by atoms with Gasteiger partial charge in [0.15, 0.2) is 5.78 Å². The van der Waals surface area contributed by atoms with Crippen molar-refractivity contribution in [1.82, 2.24) is 0 Å². The molecule has 2 heteroatoms. The highest BCUT2D eigenvalue weighted by Gasteiger charge is 2.19. The number of carbonyl (C=O) groups excluding carboxylic acids is 1. The molecule has 2 rings (SSSR count). The SMILES string of the molecule is Cc1ccc(C(C)(C)C)cc1C(=O)CSC1CCCCC1. The van der Waals surface area contributed by atoms with Crippen LogP contribution in [0.25, 0.3) is 0 Å². The zero-order valence-electron chi connectivity index (χ0n) is 13.9. The summed E-state index contributed by atoms with van der Waals surface area (Å²) in [5.74, 6) is 0.938. The molecule has 0 aromatic heterocycles. The third kappa shape index (κ3) is 4.60. The van der Waals surface area contributed by atoms with Crippen LogP contribution < -0.4 is 0 Å². The van der Waals surface area contributed by atoms with E-state index >= 15 is 0 Å². The normalized spacial score (nSPS) is 17.0. The predicted molar refractivity (Wildman–Crippen MR) is 93.5 cm³/mol. The fourth-order valence-electron chi connectivity index (χ4n) is 2.89. The number of hydrogen-bond acceptors (Lipinski definition) is 2. The molecule has 0 radical (unpaired) electrons. The van der Waals surface area contributed by atoms with E-state index in [4.69, 9.17) is 0 Å². The first-order chi connectivity index (χ1) is 9.88. The van der Waals surface area contributed by atoms with Crippen molar-refractivity contribution in [3.63, 3.8) is 0 Å². The Kier molecular flexibility index (Phi) is 5.54. The van der Waals surface area contributed by atoms with Crippen molar-refractivity contribution in [2.75, 3.05) is 5.75 Å². The monoisotopic (exact) mass is 304 g/mol. The van der Waals surface area contributed by atoms with Crippen LogP contribution in [-0.4, -0.2) is 16.8 Å². The quantitative estimate of drug-likeness (QED) is 0.679. The first kappa shape index (κ1) is 16.6. The molecule has 0 saturated heterocycles. The third-order valence-electron chi connectivity index (χ3n) is 4.41. The van der Waals surface area contributed by atoms with Gasteiger partial charge in [0.2, 0.25) is 0 Å². The lowest BCUT2D eigenvalue weighted by molar-refractivity contribution is 0.102. The molecular formula is C19H28OS. The minimum absolute atomic E-state index is 0.0965. The van der Waals surface area contributed by atoms with Crippen molar-refractivity contribution >= 4 is 17.5 Å². The van der Waals surface area contributed by atoms with Gasteiger partial charge in [-0.05, 0) is 42.4 Å². The molecule has 0 N–H and O–H groups in total. The van der Waals surface area contributed by atoms with Gasteiger partial charge >= 0.3 is 0 Å². The number of ketones is 1. The summed E-state index contributed by atoms with van der Waals surface area (Å²) in [5.41, 5.74) is 3.38. The van der Waals surface area contributed by atoms with Crippen LogP contribution in [0.3, 0.4) is 0 Å². The van der Waals surface area contributed by atoms with Crippen molar-refractivity contribution < 1.29 is 4.79 Å². The standard InChI is InChI=1S/C19H28OS/c1-14-10-11-15(19(2,3)4)12-17(14)18(20)13-21-16-8-6-5-7-9-16/h10-12,16H,5-9,13H2,1-4H3. The lowest BCUT2D eigenvalue weighted by atomic mass is 9.85. The molecule has 1 fully saturated rings. The Morgan fingerprint density at radius 3 is 2.48 bits per heavy atom. The molecule has 1 aromatic rings. The Hall–Kier alpha value is -0.760. The molecule has 0 aliphatic heterocycles. The van der Waals surface area contributed by atoms with E-state index < -0.39 is 0 Å². The fourth-order valence-corrected chi connectivity index (χ4v) is 4.10. The van der Waals surface area contributed by atoms with Crippen LogP contribution in [0.15, 0.2) is 18.2 Å². The summed E-state index contributed by atoms with van der Waals surface area (Å²) in [5, 5.41) is 0.703. The van der Waals surface area contributed by atoms with Gasteiger partial charge in [0.05, 0.1) is 5.75 Å². The molecule has 0 amide bonds. The molecule has 0 bridgehead atoms. The summed E-state index contributed by atoms with van der Waals surface area (Å²) in [7, 11) is 0. The smallest absolute Gasteiger partial charge is 0.173 e. The Balaban J connectivity index is 2.04. The zero-order chi connectivity index (χ0) is 15.5. The number of carbonyl (C=O) groups is 1. The molecule has 1 saturated carbocycles. The second kappa shape index (κ2) is 7.00. The molecule has 0 unspecified atom stereocenters. The van der Waals surface area contributed by atoms with Crippen molar-refractivity contribution in [3.8, 4) is 0 Å². The van der Waals surface area contributed by atoms with Crippen LogP contribution in [0.1, 0.15) is 74.4 Å². The molecule has 1 aromatic carbocycles. The van der Waals surface area contributed by atoms with Crippen molar-refractivity contribution in [2.24, 2.45) is 0 Å². The zero-order valence-corrected chi connectivity index (χ0v) is 14.7.